The van der Waals surface area contributed by atoms with Crippen LogP contribution >= 0.6 is 0 Å². The first-order valence-corrected chi connectivity index (χ1v) is 9.65. The van der Waals surface area contributed by atoms with E-state index in [4.69, 9.17) is 9.31 Å². The molecular formula is C20H28BNO4. The van der Waals surface area contributed by atoms with E-state index in [9.17, 15) is 9.90 Å². The van der Waals surface area contributed by atoms with Crippen molar-refractivity contribution in [2.45, 2.75) is 83.3 Å². The first-order valence-electron chi connectivity index (χ1n) is 9.65. The van der Waals surface area contributed by atoms with Gasteiger partial charge in [0.15, 0.2) is 0 Å². The molecule has 2 aliphatic heterocycles. The fourth-order valence-electron chi connectivity index (χ4n) is 4.15. The minimum absolute atomic E-state index is 0.113. The second-order valence-corrected chi connectivity index (χ2v) is 8.90. The van der Waals surface area contributed by atoms with Gasteiger partial charge in [-0.3, -0.25) is 4.79 Å². The average Bonchev–Trinajstić information content (AvgIpc) is 3.01. The van der Waals surface area contributed by atoms with E-state index in [2.05, 4.69) is 6.07 Å². The molecule has 2 fully saturated rings. The molecule has 0 aromatic heterocycles. The van der Waals surface area contributed by atoms with E-state index in [0.29, 0.717) is 6.54 Å². The Balaban J connectivity index is 1.53. The van der Waals surface area contributed by atoms with Crippen molar-refractivity contribution in [3.63, 3.8) is 0 Å². The molecule has 1 aliphatic carbocycles. The van der Waals surface area contributed by atoms with Crippen LogP contribution < -0.4 is 5.46 Å². The minimum atomic E-state index is -0.403. The van der Waals surface area contributed by atoms with Gasteiger partial charge in [0.1, 0.15) is 0 Å². The van der Waals surface area contributed by atoms with E-state index in [-0.39, 0.29) is 29.3 Å². The van der Waals surface area contributed by atoms with E-state index in [1.165, 1.54) is 0 Å². The molecule has 1 saturated heterocycles. The highest BCUT2D eigenvalue weighted by atomic mass is 16.7. The van der Waals surface area contributed by atoms with Crippen LogP contribution in [-0.4, -0.2) is 46.4 Å². The molecule has 0 unspecified atom stereocenters. The Morgan fingerprint density at radius 3 is 2.31 bits per heavy atom. The monoisotopic (exact) mass is 357 g/mol. The molecule has 2 heterocycles. The molecule has 5 nitrogen and oxygen atoms in total. The molecule has 0 radical (unpaired) electrons. The quantitative estimate of drug-likeness (QED) is 0.825. The SMILES string of the molecule is CC1(C)OB(c2ccc3c(c2)CN(C2CCC(O)CC2)C3=O)OC1(C)C. The Bertz CT molecular complexity index is 709. The van der Waals surface area contributed by atoms with Gasteiger partial charge in [-0.2, -0.15) is 0 Å². The second-order valence-electron chi connectivity index (χ2n) is 8.90. The lowest BCUT2D eigenvalue weighted by Crippen LogP contribution is -2.41. The summed E-state index contributed by atoms with van der Waals surface area (Å²) < 4.78 is 12.3. The minimum Gasteiger partial charge on any atom is -0.399 e. The van der Waals surface area contributed by atoms with Gasteiger partial charge in [-0.05, 0) is 70.5 Å². The number of carbonyl (C=O) groups excluding carboxylic acids is 1. The highest BCUT2D eigenvalue weighted by molar-refractivity contribution is 6.62. The van der Waals surface area contributed by atoms with Crippen LogP contribution in [0.2, 0.25) is 0 Å². The van der Waals surface area contributed by atoms with Crippen molar-refractivity contribution in [3.8, 4) is 0 Å². The van der Waals surface area contributed by atoms with E-state index in [1.54, 1.807) is 0 Å². The summed E-state index contributed by atoms with van der Waals surface area (Å²) in [7, 11) is -0.403. The number of aliphatic hydroxyl groups excluding tert-OH is 1. The van der Waals surface area contributed by atoms with Gasteiger partial charge >= 0.3 is 7.12 Å². The summed E-state index contributed by atoms with van der Waals surface area (Å²) in [5, 5.41) is 9.72. The highest BCUT2D eigenvalue weighted by Gasteiger charge is 2.52. The van der Waals surface area contributed by atoms with Crippen LogP contribution in [-0.2, 0) is 15.9 Å². The van der Waals surface area contributed by atoms with Crippen molar-refractivity contribution in [2.24, 2.45) is 0 Å². The third-order valence-corrected chi connectivity index (χ3v) is 6.59. The van der Waals surface area contributed by atoms with E-state index < -0.39 is 7.12 Å². The number of fused-ring (bicyclic) bond motifs is 1. The van der Waals surface area contributed by atoms with Crippen LogP contribution in [0.15, 0.2) is 18.2 Å². The van der Waals surface area contributed by atoms with Crippen LogP contribution in [0.1, 0.15) is 69.3 Å². The summed E-state index contributed by atoms with van der Waals surface area (Å²) in [5.41, 5.74) is 2.06. The van der Waals surface area contributed by atoms with Crippen LogP contribution in [0.4, 0.5) is 0 Å². The summed E-state index contributed by atoms with van der Waals surface area (Å²) >= 11 is 0. The number of amides is 1. The second kappa shape index (κ2) is 6.08. The highest BCUT2D eigenvalue weighted by Crippen LogP contribution is 2.37. The van der Waals surface area contributed by atoms with Gasteiger partial charge in [-0.15, -0.1) is 0 Å². The maximum atomic E-state index is 12.8. The molecule has 6 heteroatoms. The molecule has 1 saturated carbocycles. The first-order chi connectivity index (χ1) is 12.2. The first kappa shape index (κ1) is 18.0. The number of rotatable bonds is 2. The van der Waals surface area contributed by atoms with Crippen molar-refractivity contribution < 1.29 is 19.2 Å². The van der Waals surface area contributed by atoms with E-state index >= 15 is 0 Å². The van der Waals surface area contributed by atoms with Crippen LogP contribution in [0, 0.1) is 0 Å². The van der Waals surface area contributed by atoms with Crippen molar-refractivity contribution >= 4 is 18.5 Å². The lowest BCUT2D eigenvalue weighted by Gasteiger charge is -2.32. The predicted octanol–water partition coefficient (Wildman–Crippen LogP) is 2.25. The molecule has 0 spiro atoms. The van der Waals surface area contributed by atoms with Gasteiger partial charge < -0.3 is 19.3 Å². The molecule has 1 N–H and O–H groups in total. The largest absolute Gasteiger partial charge is 0.494 e. The summed E-state index contributed by atoms with van der Waals surface area (Å²) in [6, 6.07) is 6.16. The fraction of sp³-hybridized carbons (Fsp3) is 0.650. The summed E-state index contributed by atoms with van der Waals surface area (Å²) in [6.07, 6.45) is 3.12. The Hall–Kier alpha value is -1.37. The Kier molecular flexibility index (Phi) is 4.21. The molecule has 0 atom stereocenters. The van der Waals surface area contributed by atoms with Gasteiger partial charge in [0.2, 0.25) is 0 Å². The normalized spacial score (nSPS) is 30.0. The standard InChI is InChI=1S/C20H28BNO4/c1-19(2)20(3,4)26-21(25-19)14-5-10-17-13(11-14)12-22(18(17)24)15-6-8-16(23)9-7-15/h5,10-11,15-16,23H,6-9,12H2,1-4H3. The Morgan fingerprint density at radius 2 is 1.69 bits per heavy atom. The fourth-order valence-corrected chi connectivity index (χ4v) is 4.15. The van der Waals surface area contributed by atoms with Crippen LogP contribution in [0.5, 0.6) is 0 Å². The van der Waals surface area contributed by atoms with Gasteiger partial charge in [-0.1, -0.05) is 12.1 Å². The smallest absolute Gasteiger partial charge is 0.399 e. The number of aliphatic hydroxyl groups is 1. The van der Waals surface area contributed by atoms with Gasteiger partial charge in [0, 0.05) is 18.2 Å². The molecular weight excluding hydrogens is 329 g/mol. The molecule has 3 aliphatic rings. The third-order valence-electron chi connectivity index (χ3n) is 6.59. The number of carbonyl (C=O) groups is 1. The summed E-state index contributed by atoms with van der Waals surface area (Å²) in [6.45, 7) is 8.82. The number of benzene rings is 1. The van der Waals surface area contributed by atoms with Crippen molar-refractivity contribution in [1.82, 2.24) is 4.90 Å². The summed E-state index contributed by atoms with van der Waals surface area (Å²) in [4.78, 5) is 14.8. The maximum absolute atomic E-state index is 12.8. The number of hydrogen-bond acceptors (Lipinski definition) is 4. The number of hydrogen-bond donors (Lipinski definition) is 1. The van der Waals surface area contributed by atoms with Gasteiger partial charge in [0.25, 0.3) is 5.91 Å². The van der Waals surface area contributed by atoms with E-state index in [1.807, 2.05) is 44.7 Å². The maximum Gasteiger partial charge on any atom is 0.494 e. The Labute approximate surface area is 155 Å². The summed E-state index contributed by atoms with van der Waals surface area (Å²) in [5.74, 6) is 0.113. The zero-order valence-corrected chi connectivity index (χ0v) is 16.1. The molecule has 0 bridgehead atoms. The lowest BCUT2D eigenvalue weighted by molar-refractivity contribution is 0.00578. The predicted molar refractivity (Wildman–Crippen MR) is 100 cm³/mol. The molecule has 1 aromatic carbocycles. The average molecular weight is 357 g/mol. The zero-order chi connectivity index (χ0) is 18.7. The number of nitrogens with zero attached hydrogens (tertiary/aromatic N) is 1. The molecule has 140 valence electrons. The van der Waals surface area contributed by atoms with Crippen molar-refractivity contribution in [2.75, 3.05) is 0 Å². The molecule has 4 rings (SSSR count). The lowest BCUT2D eigenvalue weighted by atomic mass is 9.78. The molecule has 1 amide bonds. The zero-order valence-electron chi connectivity index (χ0n) is 16.1. The van der Waals surface area contributed by atoms with Gasteiger partial charge in [-0.25, -0.2) is 0 Å². The third kappa shape index (κ3) is 2.88. The van der Waals surface area contributed by atoms with Crippen molar-refractivity contribution in [1.29, 1.82) is 0 Å². The topological polar surface area (TPSA) is 59.0 Å². The molecule has 1 aromatic rings. The Morgan fingerprint density at radius 1 is 1.08 bits per heavy atom. The van der Waals surface area contributed by atoms with Crippen LogP contribution in [0.25, 0.3) is 0 Å². The van der Waals surface area contributed by atoms with E-state index in [0.717, 1.165) is 42.3 Å². The van der Waals surface area contributed by atoms with Crippen molar-refractivity contribution in [3.05, 3.63) is 29.3 Å². The van der Waals surface area contributed by atoms with Crippen LogP contribution in [0.3, 0.4) is 0 Å². The van der Waals surface area contributed by atoms with Gasteiger partial charge in [0.05, 0.1) is 17.3 Å². The molecule has 26 heavy (non-hydrogen) atoms.